The summed E-state index contributed by atoms with van der Waals surface area (Å²) in [5.74, 6) is -0.998. The highest BCUT2D eigenvalue weighted by Crippen LogP contribution is 2.17. The van der Waals surface area contributed by atoms with E-state index in [-0.39, 0.29) is 17.9 Å². The lowest BCUT2D eigenvalue weighted by Gasteiger charge is -2.10. The third-order valence-electron chi connectivity index (χ3n) is 3.67. The highest BCUT2D eigenvalue weighted by molar-refractivity contribution is 5.97. The van der Waals surface area contributed by atoms with Gasteiger partial charge in [-0.1, -0.05) is 12.1 Å². The molecule has 1 heterocycles. The first kappa shape index (κ1) is 18.1. The highest BCUT2D eigenvalue weighted by Gasteiger charge is 2.09. The summed E-state index contributed by atoms with van der Waals surface area (Å²) in [6, 6.07) is 12.7. The molecule has 138 valence electrons. The second-order valence-electron chi connectivity index (χ2n) is 5.84. The molecule has 0 unspecified atom stereocenters. The molecule has 0 aliphatic rings. The number of nitrogens with one attached hydrogen (secondary N) is 3. The van der Waals surface area contributed by atoms with E-state index in [1.807, 2.05) is 25.1 Å². The number of carbonyl (C=O) groups is 2. The van der Waals surface area contributed by atoms with E-state index in [1.165, 1.54) is 16.8 Å². The lowest BCUT2D eigenvalue weighted by Crippen LogP contribution is -2.35. The van der Waals surface area contributed by atoms with Gasteiger partial charge in [-0.3, -0.25) is 4.79 Å². The Morgan fingerprint density at radius 3 is 2.59 bits per heavy atom. The Balaban J connectivity index is 1.52. The van der Waals surface area contributed by atoms with Crippen molar-refractivity contribution in [3.05, 3.63) is 72.3 Å². The minimum Gasteiger partial charge on any atom is -0.329 e. The van der Waals surface area contributed by atoms with E-state index < -0.39 is 17.8 Å². The number of hydrogen-bond donors (Lipinski definition) is 3. The van der Waals surface area contributed by atoms with Gasteiger partial charge < -0.3 is 16.0 Å². The van der Waals surface area contributed by atoms with Gasteiger partial charge in [0.05, 0.1) is 6.54 Å². The Bertz CT molecular complexity index is 956. The molecule has 0 spiro atoms. The predicted molar refractivity (Wildman–Crippen MR) is 100 cm³/mol. The third-order valence-corrected chi connectivity index (χ3v) is 3.67. The minimum atomic E-state index is -0.526. The summed E-state index contributed by atoms with van der Waals surface area (Å²) < 4.78 is 15.5. The van der Waals surface area contributed by atoms with Crippen molar-refractivity contribution in [1.29, 1.82) is 0 Å². The van der Waals surface area contributed by atoms with E-state index in [0.717, 1.165) is 5.56 Å². The normalized spacial score (nSPS) is 10.3. The number of urea groups is 1. The third kappa shape index (κ3) is 4.91. The highest BCUT2D eigenvalue weighted by atomic mass is 19.1. The van der Waals surface area contributed by atoms with Gasteiger partial charge in [0.25, 0.3) is 0 Å². The molecule has 7 nitrogen and oxygen atoms in total. The molecule has 27 heavy (non-hydrogen) atoms. The maximum absolute atomic E-state index is 14.2. The molecule has 2 aromatic carbocycles. The van der Waals surface area contributed by atoms with Crippen molar-refractivity contribution in [3.63, 3.8) is 0 Å². The van der Waals surface area contributed by atoms with Crippen LogP contribution in [0.25, 0.3) is 5.69 Å². The standard InChI is InChI=1S/C19H18FN5O2/c1-13-4-2-5-14(10-13)24-19(27)21-12-18(26)23-15-6-7-17(16(20)11-15)25-9-3-8-22-25/h2-11H,12H2,1H3,(H,23,26)(H2,21,24,27). The number of carbonyl (C=O) groups excluding carboxylic acids is 2. The summed E-state index contributed by atoms with van der Waals surface area (Å²) in [4.78, 5) is 23.8. The summed E-state index contributed by atoms with van der Waals surface area (Å²) >= 11 is 0. The Morgan fingerprint density at radius 2 is 1.89 bits per heavy atom. The van der Waals surface area contributed by atoms with Crippen LogP contribution in [0.2, 0.25) is 0 Å². The quantitative estimate of drug-likeness (QED) is 0.648. The van der Waals surface area contributed by atoms with Gasteiger partial charge in [-0.25, -0.2) is 13.9 Å². The van der Waals surface area contributed by atoms with Crippen molar-refractivity contribution in [2.75, 3.05) is 17.2 Å². The second-order valence-corrected chi connectivity index (χ2v) is 5.84. The van der Waals surface area contributed by atoms with Crippen molar-refractivity contribution < 1.29 is 14.0 Å². The van der Waals surface area contributed by atoms with Crippen LogP contribution in [0, 0.1) is 12.7 Å². The fourth-order valence-electron chi connectivity index (χ4n) is 2.45. The number of anilines is 2. The smallest absolute Gasteiger partial charge is 0.319 e. The Labute approximate surface area is 155 Å². The van der Waals surface area contributed by atoms with Crippen molar-refractivity contribution in [1.82, 2.24) is 15.1 Å². The number of benzene rings is 2. The van der Waals surface area contributed by atoms with Crippen molar-refractivity contribution in [2.45, 2.75) is 6.92 Å². The zero-order chi connectivity index (χ0) is 19.2. The van der Waals surface area contributed by atoms with Crippen LogP contribution < -0.4 is 16.0 Å². The Kier molecular flexibility index (Phi) is 5.46. The first-order valence-corrected chi connectivity index (χ1v) is 8.22. The molecule has 3 amide bonds. The summed E-state index contributed by atoms with van der Waals surface area (Å²) in [5.41, 5.74) is 2.19. The average molecular weight is 367 g/mol. The van der Waals surface area contributed by atoms with E-state index in [4.69, 9.17) is 0 Å². The number of aryl methyl sites for hydroxylation is 1. The minimum absolute atomic E-state index is 0.250. The van der Waals surface area contributed by atoms with E-state index in [1.54, 1.807) is 30.6 Å². The number of nitrogens with zero attached hydrogens (tertiary/aromatic N) is 2. The first-order chi connectivity index (χ1) is 13.0. The summed E-state index contributed by atoms with van der Waals surface area (Å²) in [7, 11) is 0. The zero-order valence-corrected chi connectivity index (χ0v) is 14.6. The van der Waals surface area contributed by atoms with Crippen LogP contribution in [0.4, 0.5) is 20.6 Å². The van der Waals surface area contributed by atoms with Crippen LogP contribution in [0.1, 0.15) is 5.56 Å². The van der Waals surface area contributed by atoms with Crippen LogP contribution in [0.15, 0.2) is 60.9 Å². The lowest BCUT2D eigenvalue weighted by atomic mass is 10.2. The van der Waals surface area contributed by atoms with Gasteiger partial charge in [-0.15, -0.1) is 0 Å². The van der Waals surface area contributed by atoms with Gasteiger partial charge >= 0.3 is 6.03 Å². The number of amides is 3. The molecule has 0 aliphatic carbocycles. The van der Waals surface area contributed by atoms with Crippen LogP contribution in [0.5, 0.6) is 0 Å². The molecule has 8 heteroatoms. The molecule has 3 N–H and O–H groups in total. The van der Waals surface area contributed by atoms with E-state index in [0.29, 0.717) is 5.69 Å². The van der Waals surface area contributed by atoms with Crippen LogP contribution >= 0.6 is 0 Å². The molecule has 0 saturated heterocycles. The Hall–Kier alpha value is -3.68. The molecule has 0 atom stereocenters. The molecule has 1 aromatic heterocycles. The molecule has 0 saturated carbocycles. The summed E-state index contributed by atoms with van der Waals surface area (Å²) in [6.45, 7) is 1.66. The van der Waals surface area contributed by atoms with Gasteiger partial charge in [-0.2, -0.15) is 5.10 Å². The number of halogens is 1. The van der Waals surface area contributed by atoms with Gasteiger partial charge in [-0.05, 0) is 48.9 Å². The molecule has 0 fully saturated rings. The van der Waals surface area contributed by atoms with E-state index >= 15 is 0 Å². The number of rotatable bonds is 5. The summed E-state index contributed by atoms with van der Waals surface area (Å²) in [5, 5.41) is 11.6. The van der Waals surface area contributed by atoms with Gasteiger partial charge in [0.2, 0.25) is 5.91 Å². The van der Waals surface area contributed by atoms with Crippen LogP contribution in [-0.4, -0.2) is 28.3 Å². The SMILES string of the molecule is Cc1cccc(NC(=O)NCC(=O)Nc2ccc(-n3cccn3)c(F)c2)c1. The second kappa shape index (κ2) is 8.13. The molecular formula is C19H18FN5O2. The molecule has 0 bridgehead atoms. The first-order valence-electron chi connectivity index (χ1n) is 8.22. The lowest BCUT2D eigenvalue weighted by molar-refractivity contribution is -0.115. The average Bonchev–Trinajstić information content (AvgIpc) is 3.14. The monoisotopic (exact) mass is 367 g/mol. The number of hydrogen-bond acceptors (Lipinski definition) is 3. The molecular weight excluding hydrogens is 349 g/mol. The van der Waals surface area contributed by atoms with Gasteiger partial charge in [0, 0.05) is 23.8 Å². The maximum atomic E-state index is 14.2. The zero-order valence-electron chi connectivity index (χ0n) is 14.6. The maximum Gasteiger partial charge on any atom is 0.319 e. The van der Waals surface area contributed by atoms with Crippen molar-refractivity contribution in [2.24, 2.45) is 0 Å². The van der Waals surface area contributed by atoms with Gasteiger partial charge in [0.15, 0.2) is 5.82 Å². The predicted octanol–water partition coefficient (Wildman–Crippen LogP) is 3.08. The fourth-order valence-corrected chi connectivity index (χ4v) is 2.45. The molecule has 0 aliphatic heterocycles. The fraction of sp³-hybridized carbons (Fsp3) is 0.105. The van der Waals surface area contributed by atoms with E-state index in [9.17, 15) is 14.0 Å². The van der Waals surface area contributed by atoms with Crippen molar-refractivity contribution >= 4 is 23.3 Å². The van der Waals surface area contributed by atoms with Crippen LogP contribution in [-0.2, 0) is 4.79 Å². The van der Waals surface area contributed by atoms with Gasteiger partial charge in [0.1, 0.15) is 5.69 Å². The largest absolute Gasteiger partial charge is 0.329 e. The molecule has 3 rings (SSSR count). The topological polar surface area (TPSA) is 88.0 Å². The molecule has 0 radical (unpaired) electrons. The number of aromatic nitrogens is 2. The van der Waals surface area contributed by atoms with E-state index in [2.05, 4.69) is 21.0 Å². The van der Waals surface area contributed by atoms with Crippen LogP contribution in [0.3, 0.4) is 0 Å². The Morgan fingerprint density at radius 1 is 1.07 bits per heavy atom. The molecule has 3 aromatic rings. The van der Waals surface area contributed by atoms with Crippen molar-refractivity contribution in [3.8, 4) is 5.69 Å². The summed E-state index contributed by atoms with van der Waals surface area (Å²) in [6.07, 6.45) is 3.16.